The topological polar surface area (TPSA) is 78.9 Å². The van der Waals surface area contributed by atoms with Crippen molar-refractivity contribution in [3.8, 4) is 0 Å². The monoisotopic (exact) mass is 965 g/mol. The Kier molecular flexibility index (Phi) is 55.3. The molecule has 0 heterocycles. The normalized spacial score (nSPS) is 12.4. The Morgan fingerprint density at radius 3 is 0.899 bits per heavy atom. The summed E-state index contributed by atoms with van der Waals surface area (Å²) < 4.78 is 16.9. The first-order chi connectivity index (χ1) is 34.0. The van der Waals surface area contributed by atoms with Crippen LogP contribution in [0.1, 0.15) is 303 Å². The van der Waals surface area contributed by atoms with Crippen LogP contribution < -0.4 is 0 Å². The molecule has 0 bridgehead atoms. The fourth-order valence-corrected chi connectivity index (χ4v) is 8.55. The van der Waals surface area contributed by atoms with Crippen LogP contribution in [0.4, 0.5) is 0 Å². The van der Waals surface area contributed by atoms with Crippen LogP contribution in [0.15, 0.2) is 60.8 Å². The molecule has 0 aromatic carbocycles. The predicted octanol–water partition coefficient (Wildman–Crippen LogP) is 20.0. The van der Waals surface area contributed by atoms with Crippen molar-refractivity contribution in [3.05, 3.63) is 60.8 Å². The molecule has 0 amide bonds. The molecule has 0 aliphatic carbocycles. The average Bonchev–Trinajstić information content (AvgIpc) is 3.35. The molecular formula is C63H112O6. The Morgan fingerprint density at radius 1 is 0.304 bits per heavy atom. The highest BCUT2D eigenvalue weighted by molar-refractivity contribution is 5.71. The molecule has 0 aliphatic rings. The summed E-state index contributed by atoms with van der Waals surface area (Å²) in [5.74, 6) is -0.875. The van der Waals surface area contributed by atoms with Crippen LogP contribution in [0.25, 0.3) is 0 Å². The van der Waals surface area contributed by atoms with Gasteiger partial charge in [0.05, 0.1) is 0 Å². The fraction of sp³-hybridized carbons (Fsp3) is 0.794. The van der Waals surface area contributed by atoms with Gasteiger partial charge >= 0.3 is 17.9 Å². The van der Waals surface area contributed by atoms with E-state index < -0.39 is 6.10 Å². The van der Waals surface area contributed by atoms with E-state index in [0.717, 1.165) is 89.9 Å². The highest BCUT2D eigenvalue weighted by Crippen LogP contribution is 2.16. The zero-order chi connectivity index (χ0) is 50.0. The van der Waals surface area contributed by atoms with Gasteiger partial charge in [0.15, 0.2) is 6.10 Å². The van der Waals surface area contributed by atoms with Crippen molar-refractivity contribution in [1.29, 1.82) is 0 Å². The molecule has 0 saturated heterocycles. The van der Waals surface area contributed by atoms with Gasteiger partial charge in [0.1, 0.15) is 13.2 Å². The van der Waals surface area contributed by atoms with Crippen molar-refractivity contribution in [2.75, 3.05) is 13.2 Å². The minimum absolute atomic E-state index is 0.0755. The average molecular weight is 966 g/mol. The Bertz CT molecular complexity index is 1250. The van der Waals surface area contributed by atoms with Gasteiger partial charge in [-0.1, -0.05) is 261 Å². The number of carbonyl (C=O) groups is 3. The second-order valence-corrected chi connectivity index (χ2v) is 19.9. The lowest BCUT2D eigenvalue weighted by Gasteiger charge is -2.18. The highest BCUT2D eigenvalue weighted by atomic mass is 16.6. The molecular weight excluding hydrogens is 853 g/mol. The Hall–Kier alpha value is -2.89. The van der Waals surface area contributed by atoms with Crippen LogP contribution in [-0.2, 0) is 28.6 Å². The van der Waals surface area contributed by atoms with Gasteiger partial charge in [-0.05, 0) is 83.5 Å². The Morgan fingerprint density at radius 2 is 0.565 bits per heavy atom. The maximum absolute atomic E-state index is 12.9. The molecule has 0 saturated carbocycles. The first-order valence-corrected chi connectivity index (χ1v) is 29.8. The van der Waals surface area contributed by atoms with E-state index in [2.05, 4.69) is 81.5 Å². The molecule has 0 aromatic rings. The van der Waals surface area contributed by atoms with E-state index in [-0.39, 0.29) is 31.1 Å². The lowest BCUT2D eigenvalue weighted by atomic mass is 10.0. The van der Waals surface area contributed by atoms with Gasteiger partial charge in [0.25, 0.3) is 0 Å². The summed E-state index contributed by atoms with van der Waals surface area (Å²) in [6.07, 6.45) is 72.1. The van der Waals surface area contributed by atoms with Crippen molar-refractivity contribution in [1.82, 2.24) is 0 Å². The van der Waals surface area contributed by atoms with Gasteiger partial charge < -0.3 is 14.2 Å². The molecule has 0 fully saturated rings. The minimum atomic E-state index is -0.778. The maximum atomic E-state index is 12.9. The van der Waals surface area contributed by atoms with Crippen molar-refractivity contribution < 1.29 is 28.6 Å². The molecule has 400 valence electrons. The van der Waals surface area contributed by atoms with Gasteiger partial charge in [-0.2, -0.15) is 0 Å². The zero-order valence-corrected chi connectivity index (χ0v) is 45.8. The molecule has 1 unspecified atom stereocenters. The quantitative estimate of drug-likeness (QED) is 0.0262. The molecule has 1 atom stereocenters. The van der Waals surface area contributed by atoms with E-state index in [9.17, 15) is 14.4 Å². The van der Waals surface area contributed by atoms with Crippen molar-refractivity contribution in [2.24, 2.45) is 0 Å². The lowest BCUT2D eigenvalue weighted by Crippen LogP contribution is -2.30. The van der Waals surface area contributed by atoms with Gasteiger partial charge in [0.2, 0.25) is 0 Å². The van der Waals surface area contributed by atoms with E-state index in [1.165, 1.54) is 173 Å². The Labute approximate surface area is 428 Å². The SMILES string of the molecule is CC/C=C\C/C=C\C/C=C\C/C=C\CCCCCCCCCCCCC(=O)OCC(COC(=O)CCCCCCCCCCCCCC)OC(=O)CCCCCCC/C=C\CCCCCCCCC. The minimum Gasteiger partial charge on any atom is -0.462 e. The van der Waals surface area contributed by atoms with Gasteiger partial charge in [-0.15, -0.1) is 0 Å². The van der Waals surface area contributed by atoms with Crippen LogP contribution in [0, 0.1) is 0 Å². The third-order valence-electron chi connectivity index (χ3n) is 13.0. The van der Waals surface area contributed by atoms with Crippen LogP contribution in [-0.4, -0.2) is 37.2 Å². The first-order valence-electron chi connectivity index (χ1n) is 29.8. The number of ether oxygens (including phenoxy) is 3. The smallest absolute Gasteiger partial charge is 0.306 e. The summed E-state index contributed by atoms with van der Waals surface area (Å²) in [7, 11) is 0. The molecule has 0 N–H and O–H groups in total. The van der Waals surface area contributed by atoms with Crippen molar-refractivity contribution in [2.45, 2.75) is 309 Å². The fourth-order valence-electron chi connectivity index (χ4n) is 8.55. The van der Waals surface area contributed by atoms with E-state index in [4.69, 9.17) is 14.2 Å². The number of esters is 3. The summed E-state index contributed by atoms with van der Waals surface area (Å²) in [5.41, 5.74) is 0. The number of allylic oxidation sites excluding steroid dienone is 10. The first kappa shape index (κ1) is 66.1. The molecule has 0 aromatic heterocycles. The summed E-state index contributed by atoms with van der Waals surface area (Å²) in [4.78, 5) is 38.2. The molecule has 0 rings (SSSR count). The highest BCUT2D eigenvalue weighted by Gasteiger charge is 2.19. The maximum Gasteiger partial charge on any atom is 0.306 e. The summed E-state index contributed by atoms with van der Waals surface area (Å²) in [6, 6.07) is 0. The molecule has 0 radical (unpaired) electrons. The van der Waals surface area contributed by atoms with Crippen molar-refractivity contribution in [3.63, 3.8) is 0 Å². The molecule has 69 heavy (non-hydrogen) atoms. The molecule has 6 heteroatoms. The van der Waals surface area contributed by atoms with Crippen molar-refractivity contribution >= 4 is 17.9 Å². The number of hydrogen-bond donors (Lipinski definition) is 0. The molecule has 0 aliphatic heterocycles. The van der Waals surface area contributed by atoms with E-state index in [1.54, 1.807) is 0 Å². The standard InChI is InChI=1S/C63H112O6/c1-4-7-10-13-16-19-22-25-27-29-30-31-32-33-34-35-37-38-41-44-47-50-53-56-62(65)68-59-60(58-67-61(64)55-52-49-46-43-40-24-21-18-15-12-9-6-3)69-63(66)57-54-51-48-45-42-39-36-28-26-23-20-17-14-11-8-5-2/h7,10,16,19,25,27-28,30-31,36,60H,4-6,8-9,11-15,17-18,20-24,26,29,32-35,37-59H2,1-3H3/b10-7-,19-16-,27-25-,31-30-,36-28-. The van der Waals surface area contributed by atoms with Gasteiger partial charge in [-0.3, -0.25) is 14.4 Å². The van der Waals surface area contributed by atoms with E-state index in [0.29, 0.717) is 19.3 Å². The molecule has 0 spiro atoms. The summed E-state index contributed by atoms with van der Waals surface area (Å²) in [6.45, 7) is 6.54. The number of hydrogen-bond acceptors (Lipinski definition) is 6. The van der Waals surface area contributed by atoms with E-state index >= 15 is 0 Å². The van der Waals surface area contributed by atoms with Gasteiger partial charge in [-0.25, -0.2) is 0 Å². The summed E-state index contributed by atoms with van der Waals surface area (Å²) in [5, 5.41) is 0. The number of rotatable bonds is 54. The van der Waals surface area contributed by atoms with Gasteiger partial charge in [0, 0.05) is 19.3 Å². The van der Waals surface area contributed by atoms with Crippen LogP contribution in [0.2, 0.25) is 0 Å². The van der Waals surface area contributed by atoms with Crippen LogP contribution in [0.3, 0.4) is 0 Å². The second kappa shape index (κ2) is 57.7. The second-order valence-electron chi connectivity index (χ2n) is 19.9. The third-order valence-corrected chi connectivity index (χ3v) is 13.0. The lowest BCUT2D eigenvalue weighted by molar-refractivity contribution is -0.167. The summed E-state index contributed by atoms with van der Waals surface area (Å²) >= 11 is 0. The third kappa shape index (κ3) is 55.9. The van der Waals surface area contributed by atoms with Crippen LogP contribution in [0.5, 0.6) is 0 Å². The Balaban J connectivity index is 4.30. The largest absolute Gasteiger partial charge is 0.462 e. The molecule has 6 nitrogen and oxygen atoms in total. The predicted molar refractivity (Wildman–Crippen MR) is 298 cm³/mol. The number of carbonyl (C=O) groups excluding carboxylic acids is 3. The zero-order valence-electron chi connectivity index (χ0n) is 45.8. The van der Waals surface area contributed by atoms with E-state index in [1.807, 2.05) is 0 Å². The van der Waals surface area contributed by atoms with Crippen LogP contribution >= 0.6 is 0 Å². The number of unbranched alkanes of at least 4 members (excludes halogenated alkanes) is 33.